The molecule has 354 valence electrons. The summed E-state index contributed by atoms with van der Waals surface area (Å²) in [4.78, 5) is 70.6. The third-order valence-electron chi connectivity index (χ3n) is 9.93. The number of hydrogen-bond acceptors (Lipinski definition) is 11. The maximum Gasteiger partial charge on any atom is 0.326 e. The normalized spacial score (nSPS) is 11.5. The largest absolute Gasteiger partial charge is 0.481 e. The minimum atomic E-state index is -1.18. The second kappa shape index (κ2) is 39.7. The number of carboxylic acids is 2. The Balaban J connectivity index is 1.90. The van der Waals surface area contributed by atoms with Crippen LogP contribution in [0.25, 0.3) is 0 Å². The zero-order valence-corrected chi connectivity index (χ0v) is 37.1. The van der Waals surface area contributed by atoms with Crippen molar-refractivity contribution in [2.75, 3.05) is 65.9 Å². The molecule has 8 N–H and O–H groups in total. The molecule has 1 atom stereocenters. The van der Waals surface area contributed by atoms with Crippen LogP contribution in [-0.4, -0.2) is 118 Å². The van der Waals surface area contributed by atoms with Crippen molar-refractivity contribution in [3.8, 4) is 0 Å². The molecule has 0 aliphatic heterocycles. The lowest BCUT2D eigenvalue weighted by Gasteiger charge is -2.14. The van der Waals surface area contributed by atoms with E-state index in [9.17, 15) is 33.9 Å². The van der Waals surface area contributed by atoms with E-state index in [0.717, 1.165) is 49.7 Å². The van der Waals surface area contributed by atoms with Crippen LogP contribution in [0.5, 0.6) is 0 Å². The first-order chi connectivity index (χ1) is 30.1. The van der Waals surface area contributed by atoms with E-state index in [0.29, 0.717) is 19.5 Å². The fourth-order valence-corrected chi connectivity index (χ4v) is 6.32. The van der Waals surface area contributed by atoms with E-state index < -0.39 is 18.0 Å². The van der Waals surface area contributed by atoms with Crippen molar-refractivity contribution in [3.63, 3.8) is 0 Å². The summed E-state index contributed by atoms with van der Waals surface area (Å²) in [5, 5.41) is 28.8. The van der Waals surface area contributed by atoms with Gasteiger partial charge >= 0.3 is 11.9 Å². The van der Waals surface area contributed by atoms with Crippen molar-refractivity contribution in [2.45, 2.75) is 148 Å². The second-order valence-electron chi connectivity index (χ2n) is 15.4. The molecule has 0 radical (unpaired) electrons. The predicted octanol–water partition coefficient (Wildman–Crippen LogP) is 4.52. The lowest BCUT2D eigenvalue weighted by atomic mass is 10.0. The summed E-state index contributed by atoms with van der Waals surface area (Å²) in [6.45, 7) is 2.51. The third-order valence-corrected chi connectivity index (χ3v) is 9.93. The monoisotopic (exact) mass is 880 g/mol. The highest BCUT2D eigenvalue weighted by Gasteiger charge is 2.20. The van der Waals surface area contributed by atoms with E-state index in [1.54, 1.807) is 0 Å². The number of aliphatic carboxylic acids is 2. The molecule has 17 heteroatoms. The topological polar surface area (TPSA) is 254 Å². The van der Waals surface area contributed by atoms with Crippen molar-refractivity contribution in [1.29, 1.82) is 0 Å². The fraction of sp³-hybridized carbons (Fsp3) is 0.733. The number of carboxylic acid groups (broad SMARTS) is 2. The SMILES string of the molecule is NCc1ccc(CNC(=O)COCCOCCNC(=O)COCCOCCNC(=O)CC[C@H](NC(=O)CCCCCCCCCCCCCCCCCCC(=O)O)C(=O)O)cc1. The van der Waals surface area contributed by atoms with Gasteiger partial charge < -0.3 is 56.2 Å². The molecule has 1 aromatic rings. The molecule has 62 heavy (non-hydrogen) atoms. The number of carbonyl (C=O) groups is 6. The van der Waals surface area contributed by atoms with Gasteiger partial charge in [-0.25, -0.2) is 4.79 Å². The summed E-state index contributed by atoms with van der Waals surface area (Å²) in [5.74, 6) is -3.09. The summed E-state index contributed by atoms with van der Waals surface area (Å²) >= 11 is 0. The molecule has 0 heterocycles. The molecule has 0 saturated heterocycles. The lowest BCUT2D eigenvalue weighted by Crippen LogP contribution is -2.41. The van der Waals surface area contributed by atoms with Gasteiger partial charge in [0.25, 0.3) is 0 Å². The number of nitrogens with one attached hydrogen (secondary N) is 4. The summed E-state index contributed by atoms with van der Waals surface area (Å²) < 4.78 is 21.4. The third kappa shape index (κ3) is 35.4. The van der Waals surface area contributed by atoms with Gasteiger partial charge in [-0.1, -0.05) is 114 Å². The number of carbonyl (C=O) groups excluding carboxylic acids is 4. The molecule has 0 fully saturated rings. The Morgan fingerprint density at radius 2 is 0.903 bits per heavy atom. The van der Waals surface area contributed by atoms with Crippen LogP contribution in [0.15, 0.2) is 24.3 Å². The molecular formula is C45H77N5O12. The first kappa shape index (κ1) is 55.9. The van der Waals surface area contributed by atoms with Gasteiger partial charge in [-0.15, -0.1) is 0 Å². The van der Waals surface area contributed by atoms with Crippen molar-refractivity contribution in [3.05, 3.63) is 35.4 Å². The Hall–Kier alpha value is -4.16. The zero-order chi connectivity index (χ0) is 45.3. The molecule has 0 bridgehead atoms. The standard InChI is InChI=1S/C45H77N5O12/c46-33-37-19-21-38(22-20-37)34-49-43(54)36-62-32-30-60-28-26-48-42(53)35-61-31-29-59-27-25-47-40(51)24-23-39(45(57)58)50-41(52)17-15-13-11-9-7-5-3-1-2-4-6-8-10-12-14-16-18-44(55)56/h19-22,39H,1-18,23-36,46H2,(H,47,51)(H,48,53)(H,49,54)(H,50,52)(H,55,56)(H,57,58)/t39-/m0/s1. The Bertz CT molecular complexity index is 1350. The van der Waals surface area contributed by atoms with Gasteiger partial charge in [-0.3, -0.25) is 24.0 Å². The molecule has 0 unspecified atom stereocenters. The van der Waals surface area contributed by atoms with E-state index in [4.69, 9.17) is 29.8 Å². The van der Waals surface area contributed by atoms with E-state index in [-0.39, 0.29) is 115 Å². The van der Waals surface area contributed by atoms with E-state index >= 15 is 0 Å². The van der Waals surface area contributed by atoms with Gasteiger partial charge in [0.2, 0.25) is 23.6 Å². The summed E-state index contributed by atoms with van der Waals surface area (Å²) in [6.07, 6.45) is 18.3. The maximum absolute atomic E-state index is 12.3. The van der Waals surface area contributed by atoms with Gasteiger partial charge in [0.05, 0.1) is 39.6 Å². The number of rotatable bonds is 43. The van der Waals surface area contributed by atoms with Crippen molar-refractivity contribution < 1.29 is 57.9 Å². The van der Waals surface area contributed by atoms with Crippen molar-refractivity contribution >= 4 is 35.6 Å². The summed E-state index contributed by atoms with van der Waals surface area (Å²) in [6, 6.07) is 6.53. The van der Waals surface area contributed by atoms with Crippen LogP contribution in [0.4, 0.5) is 0 Å². The molecule has 0 aromatic heterocycles. The number of ether oxygens (including phenoxy) is 4. The lowest BCUT2D eigenvalue weighted by molar-refractivity contribution is -0.142. The van der Waals surface area contributed by atoms with Crippen LogP contribution in [0.3, 0.4) is 0 Å². The van der Waals surface area contributed by atoms with Gasteiger partial charge in [0.15, 0.2) is 0 Å². The van der Waals surface area contributed by atoms with Crippen LogP contribution in [0, 0.1) is 0 Å². The average Bonchev–Trinajstić information content (AvgIpc) is 3.25. The Morgan fingerprint density at radius 3 is 1.37 bits per heavy atom. The Kier molecular flexibility index (Phi) is 35.7. The first-order valence-corrected chi connectivity index (χ1v) is 22.7. The zero-order valence-electron chi connectivity index (χ0n) is 37.1. The molecule has 0 saturated carbocycles. The number of nitrogens with two attached hydrogens (primary N) is 1. The number of amides is 4. The minimum absolute atomic E-state index is 0.0200. The highest BCUT2D eigenvalue weighted by molar-refractivity contribution is 5.84. The Labute approximate surface area is 368 Å². The highest BCUT2D eigenvalue weighted by atomic mass is 16.5. The van der Waals surface area contributed by atoms with Crippen LogP contribution in [-0.2, 0) is 60.8 Å². The van der Waals surface area contributed by atoms with Crippen molar-refractivity contribution in [1.82, 2.24) is 21.3 Å². The van der Waals surface area contributed by atoms with Crippen LogP contribution in [0.1, 0.15) is 140 Å². The molecule has 1 aromatic carbocycles. The Morgan fingerprint density at radius 1 is 0.484 bits per heavy atom. The van der Waals surface area contributed by atoms with Gasteiger partial charge in [-0.2, -0.15) is 0 Å². The predicted molar refractivity (Wildman–Crippen MR) is 235 cm³/mol. The summed E-state index contributed by atoms with van der Waals surface area (Å²) in [5.41, 5.74) is 7.58. The number of benzene rings is 1. The van der Waals surface area contributed by atoms with Gasteiger partial charge in [0.1, 0.15) is 19.3 Å². The molecular weight excluding hydrogens is 803 g/mol. The van der Waals surface area contributed by atoms with Crippen LogP contribution < -0.4 is 27.0 Å². The molecule has 4 amide bonds. The van der Waals surface area contributed by atoms with E-state index in [2.05, 4.69) is 21.3 Å². The molecule has 0 spiro atoms. The quantitative estimate of drug-likeness (QED) is 0.0447. The molecule has 0 aliphatic carbocycles. The fourth-order valence-electron chi connectivity index (χ4n) is 6.32. The highest BCUT2D eigenvalue weighted by Crippen LogP contribution is 2.14. The average molecular weight is 880 g/mol. The second-order valence-corrected chi connectivity index (χ2v) is 15.4. The van der Waals surface area contributed by atoms with Gasteiger partial charge in [0, 0.05) is 45.4 Å². The van der Waals surface area contributed by atoms with Crippen molar-refractivity contribution in [2.24, 2.45) is 5.73 Å². The molecule has 1 rings (SSSR count). The van der Waals surface area contributed by atoms with E-state index in [1.165, 1.54) is 57.8 Å². The smallest absolute Gasteiger partial charge is 0.326 e. The minimum Gasteiger partial charge on any atom is -0.481 e. The number of hydrogen-bond donors (Lipinski definition) is 7. The maximum atomic E-state index is 12.3. The molecule has 17 nitrogen and oxygen atoms in total. The first-order valence-electron chi connectivity index (χ1n) is 22.7. The van der Waals surface area contributed by atoms with Gasteiger partial charge in [-0.05, 0) is 30.4 Å². The molecule has 0 aliphatic rings. The summed E-state index contributed by atoms with van der Waals surface area (Å²) in [7, 11) is 0. The van der Waals surface area contributed by atoms with Crippen LogP contribution in [0.2, 0.25) is 0 Å². The number of unbranched alkanes of at least 4 members (excludes halogenated alkanes) is 15. The van der Waals surface area contributed by atoms with E-state index in [1.807, 2.05) is 24.3 Å². The van der Waals surface area contributed by atoms with Crippen LogP contribution >= 0.6 is 0 Å².